The number of ether oxygens (including phenoxy) is 1. The third-order valence-corrected chi connectivity index (χ3v) is 5.76. The van der Waals surface area contributed by atoms with E-state index in [1.54, 1.807) is 23.9 Å². The number of carbonyl (C=O) groups excluding carboxylic acids is 1. The van der Waals surface area contributed by atoms with Crippen LogP contribution in [0.1, 0.15) is 21.7 Å². The van der Waals surface area contributed by atoms with E-state index in [-0.39, 0.29) is 0 Å². The van der Waals surface area contributed by atoms with Crippen LogP contribution in [0.3, 0.4) is 0 Å². The highest BCUT2D eigenvalue weighted by molar-refractivity contribution is 7.98. The smallest absolute Gasteiger partial charge is 0.248 e. The van der Waals surface area contributed by atoms with Crippen molar-refractivity contribution in [2.24, 2.45) is 5.73 Å². The minimum absolute atomic E-state index is 0.409. The van der Waals surface area contributed by atoms with E-state index in [9.17, 15) is 4.79 Å². The van der Waals surface area contributed by atoms with Gasteiger partial charge in [0.1, 0.15) is 10.9 Å². The zero-order valence-electron chi connectivity index (χ0n) is 15.5. The number of rotatable bonds is 6. The van der Waals surface area contributed by atoms with Crippen molar-refractivity contribution >= 4 is 28.6 Å². The van der Waals surface area contributed by atoms with Gasteiger partial charge >= 0.3 is 0 Å². The van der Waals surface area contributed by atoms with Crippen LogP contribution < -0.4 is 5.73 Å². The van der Waals surface area contributed by atoms with Gasteiger partial charge in [-0.25, -0.2) is 9.97 Å². The summed E-state index contributed by atoms with van der Waals surface area (Å²) in [5.74, 6) is 1.19. The Balaban J connectivity index is 1.55. The summed E-state index contributed by atoms with van der Waals surface area (Å²) in [6.45, 7) is 4.07. The highest BCUT2D eigenvalue weighted by atomic mass is 32.2. The molecule has 2 aromatic carbocycles. The highest BCUT2D eigenvalue weighted by Crippen LogP contribution is 2.28. The van der Waals surface area contributed by atoms with Gasteiger partial charge in [-0.2, -0.15) is 0 Å². The van der Waals surface area contributed by atoms with Crippen LogP contribution in [0.25, 0.3) is 10.9 Å². The molecule has 2 N–H and O–H groups in total. The molecule has 0 spiro atoms. The molecule has 1 fully saturated rings. The van der Waals surface area contributed by atoms with Crippen molar-refractivity contribution < 1.29 is 9.53 Å². The molecular formula is C21H22N4O2S. The second-order valence-electron chi connectivity index (χ2n) is 6.70. The summed E-state index contributed by atoms with van der Waals surface area (Å²) in [5.41, 5.74) is 7.92. The second-order valence-corrected chi connectivity index (χ2v) is 7.66. The van der Waals surface area contributed by atoms with Crippen molar-refractivity contribution in [3.63, 3.8) is 0 Å². The Hall–Kier alpha value is -2.48. The molecule has 0 atom stereocenters. The van der Waals surface area contributed by atoms with Crippen molar-refractivity contribution in [1.82, 2.24) is 14.9 Å². The first-order valence-electron chi connectivity index (χ1n) is 9.26. The summed E-state index contributed by atoms with van der Waals surface area (Å²) in [6.07, 6.45) is 0. The Bertz CT molecular complexity index is 972. The van der Waals surface area contributed by atoms with Gasteiger partial charge in [-0.15, -0.1) is 11.8 Å². The fourth-order valence-electron chi connectivity index (χ4n) is 3.15. The van der Waals surface area contributed by atoms with E-state index >= 15 is 0 Å². The normalized spacial score (nSPS) is 15.0. The average Bonchev–Trinajstić information content (AvgIpc) is 2.73. The maximum Gasteiger partial charge on any atom is 0.248 e. The molecule has 0 bridgehead atoms. The van der Waals surface area contributed by atoms with E-state index in [4.69, 9.17) is 20.4 Å². The van der Waals surface area contributed by atoms with Crippen molar-refractivity contribution in [3.05, 3.63) is 65.5 Å². The largest absolute Gasteiger partial charge is 0.379 e. The summed E-state index contributed by atoms with van der Waals surface area (Å²) in [4.78, 5) is 23.2. The van der Waals surface area contributed by atoms with Crippen LogP contribution in [0.4, 0.5) is 0 Å². The van der Waals surface area contributed by atoms with Gasteiger partial charge in [0, 0.05) is 29.8 Å². The maximum atomic E-state index is 11.2. The van der Waals surface area contributed by atoms with Crippen molar-refractivity contribution in [2.75, 3.05) is 26.3 Å². The standard InChI is InChI=1S/C21H22N4O2S/c22-20(26)16-7-5-15(6-8-16)14-28-21-17-3-1-2-4-18(17)23-19(24-21)13-25-9-11-27-12-10-25/h1-8H,9-14H2,(H2,22,26). The molecule has 3 aromatic rings. The Kier molecular flexibility index (Phi) is 5.85. The number of fused-ring (bicyclic) bond motifs is 1. The number of carbonyl (C=O) groups is 1. The van der Waals surface area contributed by atoms with Crippen molar-refractivity contribution in [3.8, 4) is 0 Å². The third-order valence-electron chi connectivity index (χ3n) is 4.70. The molecule has 2 heterocycles. The van der Waals surface area contributed by atoms with E-state index < -0.39 is 5.91 Å². The Morgan fingerprint density at radius 1 is 1.07 bits per heavy atom. The first-order valence-corrected chi connectivity index (χ1v) is 10.2. The number of benzene rings is 2. The number of morpholine rings is 1. The molecule has 1 aliphatic heterocycles. The maximum absolute atomic E-state index is 11.2. The molecule has 4 rings (SSSR count). The van der Waals surface area contributed by atoms with Gasteiger partial charge in [-0.05, 0) is 23.8 Å². The number of thioether (sulfide) groups is 1. The number of nitrogens with two attached hydrogens (primary N) is 1. The first-order chi connectivity index (χ1) is 13.7. The van der Waals surface area contributed by atoms with E-state index in [0.717, 1.165) is 65.9 Å². The van der Waals surface area contributed by atoms with E-state index in [0.29, 0.717) is 5.56 Å². The predicted octanol–water partition coefficient (Wildman–Crippen LogP) is 2.85. The molecule has 144 valence electrons. The second kappa shape index (κ2) is 8.68. The van der Waals surface area contributed by atoms with Gasteiger partial charge in [0.05, 0.1) is 25.3 Å². The molecule has 0 aliphatic carbocycles. The number of hydrogen-bond donors (Lipinski definition) is 1. The number of para-hydroxylation sites is 1. The Morgan fingerprint density at radius 2 is 1.82 bits per heavy atom. The molecule has 6 nitrogen and oxygen atoms in total. The quantitative estimate of drug-likeness (QED) is 0.511. The third kappa shape index (κ3) is 4.49. The van der Waals surface area contributed by atoms with Gasteiger partial charge in [0.15, 0.2) is 0 Å². The van der Waals surface area contributed by atoms with Crippen LogP contribution in [0.5, 0.6) is 0 Å². The number of aromatic nitrogens is 2. The minimum Gasteiger partial charge on any atom is -0.379 e. The lowest BCUT2D eigenvalue weighted by Crippen LogP contribution is -2.36. The minimum atomic E-state index is -0.409. The SMILES string of the molecule is NC(=O)c1ccc(CSc2nc(CN3CCOCC3)nc3ccccc23)cc1. The molecule has 0 saturated carbocycles. The van der Waals surface area contributed by atoms with Gasteiger partial charge in [-0.1, -0.05) is 30.3 Å². The van der Waals surface area contributed by atoms with Gasteiger partial charge in [0.2, 0.25) is 5.91 Å². The number of hydrogen-bond acceptors (Lipinski definition) is 6. The average molecular weight is 395 g/mol. The van der Waals surface area contributed by atoms with Crippen LogP contribution in [0.15, 0.2) is 53.6 Å². The monoisotopic (exact) mass is 394 g/mol. The molecule has 7 heteroatoms. The lowest BCUT2D eigenvalue weighted by molar-refractivity contribution is 0.0330. The number of primary amides is 1. The summed E-state index contributed by atoms with van der Waals surface area (Å²) in [6, 6.07) is 15.5. The summed E-state index contributed by atoms with van der Waals surface area (Å²) < 4.78 is 5.43. The molecule has 0 unspecified atom stereocenters. The fourth-order valence-corrected chi connectivity index (χ4v) is 4.14. The highest BCUT2D eigenvalue weighted by Gasteiger charge is 2.14. The Labute approximate surface area is 168 Å². The molecule has 0 radical (unpaired) electrons. The van der Waals surface area contributed by atoms with Crippen LogP contribution in [-0.4, -0.2) is 47.1 Å². The topological polar surface area (TPSA) is 81.3 Å². The Morgan fingerprint density at radius 3 is 2.57 bits per heavy atom. The van der Waals surface area contributed by atoms with Gasteiger partial charge in [-0.3, -0.25) is 9.69 Å². The van der Waals surface area contributed by atoms with Gasteiger partial charge < -0.3 is 10.5 Å². The lowest BCUT2D eigenvalue weighted by atomic mass is 10.1. The summed E-state index contributed by atoms with van der Waals surface area (Å²) in [7, 11) is 0. The number of amides is 1. The van der Waals surface area contributed by atoms with Crippen LogP contribution >= 0.6 is 11.8 Å². The molecule has 1 aromatic heterocycles. The van der Waals surface area contributed by atoms with Crippen molar-refractivity contribution in [2.45, 2.75) is 17.3 Å². The van der Waals surface area contributed by atoms with Crippen LogP contribution in [-0.2, 0) is 17.0 Å². The van der Waals surface area contributed by atoms with Gasteiger partial charge in [0.25, 0.3) is 0 Å². The summed E-state index contributed by atoms with van der Waals surface area (Å²) in [5, 5.41) is 2.04. The van der Waals surface area contributed by atoms with E-state index in [1.165, 1.54) is 0 Å². The van der Waals surface area contributed by atoms with E-state index in [2.05, 4.69) is 11.0 Å². The molecule has 1 aliphatic rings. The molecule has 28 heavy (non-hydrogen) atoms. The van der Waals surface area contributed by atoms with E-state index in [1.807, 2.05) is 30.3 Å². The van der Waals surface area contributed by atoms with Crippen LogP contribution in [0.2, 0.25) is 0 Å². The van der Waals surface area contributed by atoms with Crippen LogP contribution in [0, 0.1) is 0 Å². The van der Waals surface area contributed by atoms with Crippen molar-refractivity contribution in [1.29, 1.82) is 0 Å². The zero-order valence-corrected chi connectivity index (χ0v) is 16.3. The summed E-state index contributed by atoms with van der Waals surface area (Å²) >= 11 is 1.68. The molecule has 1 saturated heterocycles. The fraction of sp³-hybridized carbons (Fsp3) is 0.286. The zero-order chi connectivity index (χ0) is 19.3. The number of nitrogens with zero attached hydrogens (tertiary/aromatic N) is 3. The predicted molar refractivity (Wildman–Crippen MR) is 110 cm³/mol. The molecular weight excluding hydrogens is 372 g/mol. The molecule has 1 amide bonds. The first kappa shape index (κ1) is 18.9. The lowest BCUT2D eigenvalue weighted by Gasteiger charge is -2.25.